The largest absolute Gasteiger partial charge is 0.478 e. The number of benzene rings is 1. The summed E-state index contributed by atoms with van der Waals surface area (Å²) in [4.78, 5) is 22.6. The maximum absolute atomic E-state index is 12.2. The van der Waals surface area contributed by atoms with E-state index in [1.165, 1.54) is 10.8 Å². The fourth-order valence-electron chi connectivity index (χ4n) is 1.66. The fraction of sp³-hybridized carbons (Fsp3) is 0.0667. The summed E-state index contributed by atoms with van der Waals surface area (Å²) in [7, 11) is 0. The molecule has 0 aliphatic carbocycles. The van der Waals surface area contributed by atoms with Crippen LogP contribution >= 0.6 is 0 Å². The number of ketones is 1. The summed E-state index contributed by atoms with van der Waals surface area (Å²) in [6.07, 6.45) is 5.64. The Morgan fingerprint density at radius 2 is 1.79 bits per heavy atom. The molecule has 0 amide bonds. The number of carbonyl (C=O) groups is 2. The van der Waals surface area contributed by atoms with E-state index in [0.29, 0.717) is 11.1 Å². The first-order valence-electron chi connectivity index (χ1n) is 5.76. The van der Waals surface area contributed by atoms with Crippen LogP contribution in [0.4, 0.5) is 0 Å². The summed E-state index contributed by atoms with van der Waals surface area (Å²) in [6.45, 7) is 1.96. The van der Waals surface area contributed by atoms with Crippen molar-refractivity contribution in [2.45, 2.75) is 6.92 Å². The van der Waals surface area contributed by atoms with Gasteiger partial charge in [0.25, 0.3) is 0 Å². The van der Waals surface area contributed by atoms with Crippen molar-refractivity contribution in [1.82, 2.24) is 4.57 Å². The van der Waals surface area contributed by atoms with Crippen molar-refractivity contribution >= 4 is 18.0 Å². The molecule has 1 heterocycles. The number of hydrogen-bond acceptors (Lipinski definition) is 2. The number of aromatic nitrogens is 1. The molecule has 0 spiro atoms. The van der Waals surface area contributed by atoms with E-state index in [-0.39, 0.29) is 5.78 Å². The van der Waals surface area contributed by atoms with Gasteiger partial charge in [0.1, 0.15) is 0 Å². The number of hydrogen-bond donors (Lipinski definition) is 1. The molecular weight excluding hydrogens is 242 g/mol. The van der Waals surface area contributed by atoms with Crippen molar-refractivity contribution in [3.05, 3.63) is 65.5 Å². The molecule has 0 saturated heterocycles. The van der Waals surface area contributed by atoms with Crippen LogP contribution in [0.3, 0.4) is 0 Å². The maximum atomic E-state index is 12.2. The SMILES string of the molecule is Cc1ccc(C(=O)c2ccn(/C=C/C(=O)O)c2)cc1. The Morgan fingerprint density at radius 3 is 2.42 bits per heavy atom. The highest BCUT2D eigenvalue weighted by Crippen LogP contribution is 2.11. The van der Waals surface area contributed by atoms with E-state index in [1.54, 1.807) is 30.6 Å². The van der Waals surface area contributed by atoms with Crippen molar-refractivity contribution in [1.29, 1.82) is 0 Å². The third-order valence-electron chi connectivity index (χ3n) is 2.68. The third kappa shape index (κ3) is 3.19. The van der Waals surface area contributed by atoms with Crippen LogP contribution in [0.15, 0.2) is 48.8 Å². The lowest BCUT2D eigenvalue weighted by Crippen LogP contribution is -1.99. The normalized spacial score (nSPS) is 10.8. The summed E-state index contributed by atoms with van der Waals surface area (Å²) >= 11 is 0. The van der Waals surface area contributed by atoms with Gasteiger partial charge in [0.15, 0.2) is 5.78 Å². The molecule has 0 bridgehead atoms. The van der Waals surface area contributed by atoms with Gasteiger partial charge in [-0.05, 0) is 13.0 Å². The number of carbonyl (C=O) groups excluding carboxylic acids is 1. The van der Waals surface area contributed by atoms with Gasteiger partial charge in [0.05, 0.1) is 0 Å². The van der Waals surface area contributed by atoms with Crippen LogP contribution in [0.25, 0.3) is 6.20 Å². The second-order valence-corrected chi connectivity index (χ2v) is 4.20. The molecule has 1 aromatic heterocycles. The Balaban J connectivity index is 2.20. The monoisotopic (exact) mass is 255 g/mol. The summed E-state index contributed by atoms with van der Waals surface area (Å²) in [5.74, 6) is -1.11. The molecule has 1 aromatic carbocycles. The minimum atomic E-state index is -1.03. The molecule has 2 rings (SSSR count). The minimum Gasteiger partial charge on any atom is -0.478 e. The molecule has 0 atom stereocenters. The standard InChI is InChI=1S/C15H13NO3/c1-11-2-4-12(5-3-11)15(19)13-6-8-16(10-13)9-7-14(17)18/h2-10H,1H3,(H,17,18)/b9-7+. The molecule has 4 heteroatoms. The first kappa shape index (κ1) is 12.8. The van der Waals surface area contributed by atoms with Gasteiger partial charge in [-0.1, -0.05) is 29.8 Å². The quantitative estimate of drug-likeness (QED) is 0.674. The van der Waals surface area contributed by atoms with Crippen molar-refractivity contribution in [2.24, 2.45) is 0 Å². The van der Waals surface area contributed by atoms with Gasteiger partial charge < -0.3 is 9.67 Å². The number of rotatable bonds is 4. The highest BCUT2D eigenvalue weighted by atomic mass is 16.4. The fourth-order valence-corrected chi connectivity index (χ4v) is 1.66. The van der Waals surface area contributed by atoms with Crippen LogP contribution in [0.2, 0.25) is 0 Å². The Kier molecular flexibility index (Phi) is 3.61. The molecule has 96 valence electrons. The zero-order valence-electron chi connectivity index (χ0n) is 10.4. The van der Waals surface area contributed by atoms with Crippen molar-refractivity contribution in [3.8, 4) is 0 Å². The van der Waals surface area contributed by atoms with E-state index in [4.69, 9.17) is 5.11 Å². The summed E-state index contributed by atoms with van der Waals surface area (Å²) < 4.78 is 1.54. The first-order valence-corrected chi connectivity index (χ1v) is 5.76. The molecule has 0 unspecified atom stereocenters. The molecule has 4 nitrogen and oxygen atoms in total. The molecule has 0 radical (unpaired) electrons. The van der Waals surface area contributed by atoms with Gasteiger partial charge in [-0.2, -0.15) is 0 Å². The van der Waals surface area contributed by atoms with Crippen LogP contribution < -0.4 is 0 Å². The average Bonchev–Trinajstić information content (AvgIpc) is 2.85. The Bertz CT molecular complexity index is 636. The second-order valence-electron chi connectivity index (χ2n) is 4.20. The van der Waals surface area contributed by atoms with E-state index >= 15 is 0 Å². The van der Waals surface area contributed by atoms with Gasteiger partial charge >= 0.3 is 5.97 Å². The highest BCUT2D eigenvalue weighted by molar-refractivity contribution is 6.09. The van der Waals surface area contributed by atoms with Gasteiger partial charge in [-0.3, -0.25) is 4.79 Å². The molecule has 19 heavy (non-hydrogen) atoms. The van der Waals surface area contributed by atoms with Gasteiger partial charge in [-0.15, -0.1) is 0 Å². The van der Waals surface area contributed by atoms with Crippen LogP contribution in [-0.4, -0.2) is 21.4 Å². The smallest absolute Gasteiger partial charge is 0.329 e. The topological polar surface area (TPSA) is 59.3 Å². The Hall–Kier alpha value is -2.62. The molecule has 0 fully saturated rings. The number of nitrogens with zero attached hydrogens (tertiary/aromatic N) is 1. The lowest BCUT2D eigenvalue weighted by molar-refractivity contribution is -0.131. The van der Waals surface area contributed by atoms with E-state index < -0.39 is 5.97 Å². The van der Waals surface area contributed by atoms with Crippen LogP contribution in [0.1, 0.15) is 21.5 Å². The summed E-state index contributed by atoms with van der Waals surface area (Å²) in [6, 6.07) is 8.99. The first-order chi connectivity index (χ1) is 9.06. The summed E-state index contributed by atoms with van der Waals surface area (Å²) in [5, 5.41) is 8.53. The predicted octanol–water partition coefficient (Wildman–Crippen LogP) is 2.58. The molecular formula is C15H13NO3. The minimum absolute atomic E-state index is 0.0810. The zero-order valence-corrected chi connectivity index (χ0v) is 10.4. The van der Waals surface area contributed by atoms with Gasteiger partial charge in [0, 0.05) is 35.8 Å². The zero-order chi connectivity index (χ0) is 13.8. The van der Waals surface area contributed by atoms with Crippen molar-refractivity contribution in [2.75, 3.05) is 0 Å². The Labute approximate surface area is 110 Å². The predicted molar refractivity (Wildman–Crippen MR) is 72.0 cm³/mol. The summed E-state index contributed by atoms with van der Waals surface area (Å²) in [5.41, 5.74) is 2.24. The average molecular weight is 255 g/mol. The number of aryl methyl sites for hydroxylation is 1. The molecule has 0 aliphatic heterocycles. The van der Waals surface area contributed by atoms with Gasteiger partial charge in [0.2, 0.25) is 0 Å². The van der Waals surface area contributed by atoms with Crippen LogP contribution in [0.5, 0.6) is 0 Å². The van der Waals surface area contributed by atoms with E-state index in [0.717, 1.165) is 11.6 Å². The molecule has 0 aliphatic rings. The lowest BCUT2D eigenvalue weighted by Gasteiger charge is -1.99. The molecule has 2 aromatic rings. The van der Waals surface area contributed by atoms with E-state index in [1.807, 2.05) is 19.1 Å². The molecule has 1 N–H and O–H groups in total. The van der Waals surface area contributed by atoms with Crippen molar-refractivity contribution in [3.63, 3.8) is 0 Å². The number of carboxylic acids is 1. The maximum Gasteiger partial charge on any atom is 0.329 e. The van der Waals surface area contributed by atoms with E-state index in [9.17, 15) is 9.59 Å². The van der Waals surface area contributed by atoms with E-state index in [2.05, 4.69) is 0 Å². The molecule has 0 saturated carbocycles. The van der Waals surface area contributed by atoms with Crippen LogP contribution in [0, 0.1) is 6.92 Å². The van der Waals surface area contributed by atoms with Gasteiger partial charge in [-0.25, -0.2) is 4.79 Å². The third-order valence-corrected chi connectivity index (χ3v) is 2.68. The van der Waals surface area contributed by atoms with Crippen molar-refractivity contribution < 1.29 is 14.7 Å². The second kappa shape index (κ2) is 5.35. The highest BCUT2D eigenvalue weighted by Gasteiger charge is 2.09. The van der Waals surface area contributed by atoms with Crippen LogP contribution in [-0.2, 0) is 4.79 Å². The lowest BCUT2D eigenvalue weighted by atomic mass is 10.0. The Morgan fingerprint density at radius 1 is 1.11 bits per heavy atom. The number of carboxylic acid groups (broad SMARTS) is 1. The number of aliphatic carboxylic acids is 1.